The first-order chi connectivity index (χ1) is 6.96. The lowest BCUT2D eigenvalue weighted by Gasteiger charge is -2.07. The highest BCUT2D eigenvalue weighted by Gasteiger charge is 2.32. The van der Waals surface area contributed by atoms with Gasteiger partial charge < -0.3 is 9.15 Å². The normalized spacial score (nSPS) is 12.0. The van der Waals surface area contributed by atoms with Crippen LogP contribution in [-0.2, 0) is 0 Å². The number of ether oxygens (including phenoxy) is 1. The van der Waals surface area contributed by atoms with E-state index in [0.29, 0.717) is 0 Å². The zero-order valence-corrected chi connectivity index (χ0v) is 8.59. The largest absolute Gasteiger partial charge is 0.573 e. The fourth-order valence-electron chi connectivity index (χ4n) is 1.10. The summed E-state index contributed by atoms with van der Waals surface area (Å²) in [6, 6.07) is 4.06. The molecule has 0 saturated carbocycles. The molecule has 1 aromatic carbocycles. The molecule has 1 heterocycles. The zero-order valence-electron chi connectivity index (χ0n) is 7.01. The second-order valence-corrected chi connectivity index (χ2v) is 3.30. The second-order valence-electron chi connectivity index (χ2n) is 2.62. The van der Waals surface area contributed by atoms with Crippen molar-refractivity contribution in [1.29, 1.82) is 0 Å². The van der Waals surface area contributed by atoms with Crippen molar-refractivity contribution in [3.05, 3.63) is 23.0 Å². The summed E-state index contributed by atoms with van der Waals surface area (Å²) in [6.45, 7) is 0. The summed E-state index contributed by atoms with van der Waals surface area (Å²) in [7, 11) is 0. The Morgan fingerprint density at radius 2 is 2.07 bits per heavy atom. The first kappa shape index (κ1) is 10.3. The Balaban J connectivity index is 2.51. The fourth-order valence-corrected chi connectivity index (χ4v) is 1.45. The maximum absolute atomic E-state index is 12.0. The topological polar surface area (TPSA) is 35.3 Å². The maximum Gasteiger partial charge on any atom is 0.573 e. The van der Waals surface area contributed by atoms with E-state index >= 15 is 0 Å². The molecule has 0 saturated heterocycles. The minimum Gasteiger partial charge on any atom is -0.431 e. The Morgan fingerprint density at radius 1 is 1.33 bits per heavy atom. The van der Waals surface area contributed by atoms with Crippen LogP contribution in [0.4, 0.5) is 13.2 Å². The van der Waals surface area contributed by atoms with E-state index in [1.165, 1.54) is 18.2 Å². The molecule has 2 rings (SSSR count). The number of halogens is 4. The molecule has 0 spiro atoms. The molecule has 0 unspecified atom stereocenters. The Morgan fingerprint density at radius 3 is 2.73 bits per heavy atom. The third kappa shape index (κ3) is 2.23. The zero-order chi connectivity index (χ0) is 11.1. The molecule has 1 aromatic heterocycles. The molecule has 0 aliphatic carbocycles. The van der Waals surface area contributed by atoms with Crippen LogP contribution in [-0.4, -0.2) is 11.3 Å². The van der Waals surface area contributed by atoms with Crippen LogP contribution in [0, 0.1) is 0 Å². The van der Waals surface area contributed by atoms with Crippen molar-refractivity contribution in [2.75, 3.05) is 0 Å². The number of fused-ring (bicyclic) bond motifs is 1. The van der Waals surface area contributed by atoms with Crippen molar-refractivity contribution in [2.45, 2.75) is 6.36 Å². The van der Waals surface area contributed by atoms with Crippen molar-refractivity contribution < 1.29 is 22.3 Å². The predicted octanol–water partition coefficient (Wildman–Crippen LogP) is 3.49. The van der Waals surface area contributed by atoms with Crippen LogP contribution in [0.15, 0.2) is 27.4 Å². The molecule has 0 atom stereocenters. The Kier molecular flexibility index (Phi) is 2.34. The summed E-state index contributed by atoms with van der Waals surface area (Å²) in [4.78, 5) is 3.83. The van der Waals surface area contributed by atoms with Gasteiger partial charge in [-0.2, -0.15) is 4.98 Å². The van der Waals surface area contributed by atoms with Gasteiger partial charge in [0.15, 0.2) is 16.8 Å². The van der Waals surface area contributed by atoms with Crippen molar-refractivity contribution in [1.82, 2.24) is 4.98 Å². The minimum absolute atomic E-state index is 0.0294. The molecular formula is C8H3BrF3NO2. The molecule has 0 radical (unpaired) electrons. The number of para-hydroxylation sites is 1. The predicted molar refractivity (Wildman–Crippen MR) is 48.4 cm³/mol. The van der Waals surface area contributed by atoms with Gasteiger partial charge in [0.1, 0.15) is 0 Å². The van der Waals surface area contributed by atoms with Crippen LogP contribution in [0.5, 0.6) is 5.75 Å². The van der Waals surface area contributed by atoms with Crippen molar-refractivity contribution in [3.63, 3.8) is 0 Å². The average Bonchev–Trinajstić information content (AvgIpc) is 2.43. The highest BCUT2D eigenvalue weighted by atomic mass is 79.9. The smallest absolute Gasteiger partial charge is 0.431 e. The first-order valence-corrected chi connectivity index (χ1v) is 4.56. The minimum atomic E-state index is -4.74. The highest BCUT2D eigenvalue weighted by Crippen LogP contribution is 2.31. The van der Waals surface area contributed by atoms with E-state index in [-0.39, 0.29) is 21.6 Å². The molecule has 80 valence electrons. The summed E-state index contributed by atoms with van der Waals surface area (Å²) in [6.07, 6.45) is -4.74. The van der Waals surface area contributed by atoms with Crippen molar-refractivity contribution in [3.8, 4) is 5.75 Å². The number of hydrogen-bond acceptors (Lipinski definition) is 3. The van der Waals surface area contributed by atoms with Gasteiger partial charge in [0.05, 0.1) is 0 Å². The number of oxazole rings is 1. The lowest BCUT2D eigenvalue weighted by molar-refractivity contribution is -0.274. The molecule has 15 heavy (non-hydrogen) atoms. The molecule has 0 fully saturated rings. The summed E-state index contributed by atoms with van der Waals surface area (Å²) in [5, 5.41) is 0. The monoisotopic (exact) mass is 281 g/mol. The number of aromatic nitrogens is 1. The van der Waals surface area contributed by atoms with Gasteiger partial charge in [-0.1, -0.05) is 6.07 Å². The van der Waals surface area contributed by atoms with Gasteiger partial charge in [0.2, 0.25) is 0 Å². The lowest BCUT2D eigenvalue weighted by Crippen LogP contribution is -2.17. The standard InChI is InChI=1S/C8H3BrF3NO2/c9-7-13-6-4(14-7)2-1-3-5(6)15-8(10,11)12/h1-3H. The van der Waals surface area contributed by atoms with E-state index in [4.69, 9.17) is 4.42 Å². The quantitative estimate of drug-likeness (QED) is 0.803. The molecule has 0 bridgehead atoms. The van der Waals surface area contributed by atoms with Crippen molar-refractivity contribution in [2.24, 2.45) is 0 Å². The van der Waals surface area contributed by atoms with Gasteiger partial charge in [-0.05, 0) is 12.1 Å². The maximum atomic E-state index is 12.0. The number of benzene rings is 1. The number of rotatable bonds is 1. The Bertz CT molecular complexity index is 494. The summed E-state index contributed by atoms with van der Waals surface area (Å²) >= 11 is 2.92. The van der Waals surface area contributed by atoms with E-state index in [0.717, 1.165) is 0 Å². The number of alkyl halides is 3. The van der Waals surface area contributed by atoms with Gasteiger partial charge in [-0.25, -0.2) is 0 Å². The number of hydrogen-bond donors (Lipinski definition) is 0. The summed E-state index contributed by atoms with van der Waals surface area (Å²) in [5.41, 5.74) is 0.255. The van der Waals surface area contributed by atoms with Crippen LogP contribution in [0.1, 0.15) is 0 Å². The summed E-state index contributed by atoms with van der Waals surface area (Å²) < 4.78 is 44.7. The van der Waals surface area contributed by atoms with Crippen molar-refractivity contribution >= 4 is 27.0 Å². The molecule has 0 N–H and O–H groups in total. The van der Waals surface area contributed by atoms with Crippen LogP contribution in [0.2, 0.25) is 0 Å². The number of nitrogens with zero attached hydrogens (tertiary/aromatic N) is 1. The molecule has 0 aliphatic rings. The van der Waals surface area contributed by atoms with E-state index < -0.39 is 6.36 Å². The van der Waals surface area contributed by atoms with E-state index in [2.05, 4.69) is 25.7 Å². The molecule has 2 aromatic rings. The van der Waals surface area contributed by atoms with Crippen LogP contribution >= 0.6 is 15.9 Å². The second kappa shape index (κ2) is 3.41. The van der Waals surface area contributed by atoms with Crippen LogP contribution in [0.3, 0.4) is 0 Å². The molecular weight excluding hydrogens is 279 g/mol. The third-order valence-electron chi connectivity index (χ3n) is 1.58. The Labute approximate surface area is 90.0 Å². The third-order valence-corrected chi connectivity index (χ3v) is 1.92. The highest BCUT2D eigenvalue weighted by molar-refractivity contribution is 9.10. The average molecular weight is 282 g/mol. The van der Waals surface area contributed by atoms with Gasteiger partial charge in [-0.3, -0.25) is 0 Å². The van der Waals surface area contributed by atoms with Crippen LogP contribution in [0.25, 0.3) is 11.1 Å². The van der Waals surface area contributed by atoms with Gasteiger partial charge in [0, 0.05) is 15.9 Å². The van der Waals surface area contributed by atoms with E-state index in [1.54, 1.807) is 0 Å². The molecule has 7 heteroatoms. The first-order valence-electron chi connectivity index (χ1n) is 3.76. The van der Waals surface area contributed by atoms with Gasteiger partial charge in [-0.15, -0.1) is 13.2 Å². The lowest BCUT2D eigenvalue weighted by atomic mass is 10.3. The van der Waals surface area contributed by atoms with Gasteiger partial charge in [0.25, 0.3) is 4.80 Å². The molecule has 0 amide bonds. The fraction of sp³-hybridized carbons (Fsp3) is 0.125. The summed E-state index contributed by atoms with van der Waals surface area (Å²) in [5.74, 6) is -0.380. The SMILES string of the molecule is FC(F)(F)Oc1cccc2oc(Br)nc12. The molecule has 0 aliphatic heterocycles. The van der Waals surface area contributed by atoms with Gasteiger partial charge >= 0.3 is 6.36 Å². The Hall–Kier alpha value is -1.24. The van der Waals surface area contributed by atoms with E-state index in [9.17, 15) is 13.2 Å². The van der Waals surface area contributed by atoms with E-state index in [1.807, 2.05) is 0 Å². The molecule has 3 nitrogen and oxygen atoms in total. The van der Waals surface area contributed by atoms with Crippen LogP contribution < -0.4 is 4.74 Å².